The Morgan fingerprint density at radius 1 is 0.944 bits per heavy atom. The van der Waals surface area contributed by atoms with Crippen LogP contribution in [0.5, 0.6) is 0 Å². The molecule has 9 heteroatoms. The molecule has 3 aromatic carbocycles. The summed E-state index contributed by atoms with van der Waals surface area (Å²) in [5.74, 6) is -1.26. The maximum absolute atomic E-state index is 13.5. The lowest BCUT2D eigenvalue weighted by Gasteiger charge is -2.14. The molecule has 1 aromatic heterocycles. The lowest BCUT2D eigenvalue weighted by Crippen LogP contribution is -2.27. The average molecular weight is 508 g/mol. The van der Waals surface area contributed by atoms with E-state index in [2.05, 4.69) is 10.3 Å². The Kier molecular flexibility index (Phi) is 7.59. The van der Waals surface area contributed by atoms with E-state index < -0.39 is 17.2 Å². The number of nitrogens with one attached hydrogen (secondary N) is 1. The molecule has 0 spiro atoms. The molecule has 36 heavy (non-hydrogen) atoms. The number of aromatic nitrogens is 2. The highest BCUT2D eigenvalue weighted by Crippen LogP contribution is 2.23. The molecule has 184 valence electrons. The van der Waals surface area contributed by atoms with Gasteiger partial charge in [0.25, 0.3) is 11.5 Å². The number of ketones is 1. The van der Waals surface area contributed by atoms with Crippen molar-refractivity contribution in [1.82, 2.24) is 14.9 Å². The van der Waals surface area contributed by atoms with Crippen LogP contribution in [0, 0.1) is 17.6 Å². The van der Waals surface area contributed by atoms with Gasteiger partial charge in [0, 0.05) is 17.7 Å². The molecule has 0 radical (unpaired) electrons. The fourth-order valence-corrected chi connectivity index (χ4v) is 4.38. The third-order valence-corrected chi connectivity index (χ3v) is 6.29. The molecular weight excluding hydrogens is 484 g/mol. The van der Waals surface area contributed by atoms with Gasteiger partial charge in [-0.1, -0.05) is 25.6 Å². The number of thioether (sulfide) groups is 1. The predicted molar refractivity (Wildman–Crippen MR) is 136 cm³/mol. The molecule has 0 bridgehead atoms. The molecule has 0 aliphatic carbocycles. The summed E-state index contributed by atoms with van der Waals surface area (Å²) in [6, 6.07) is 15.2. The van der Waals surface area contributed by atoms with Crippen LogP contribution in [0.3, 0.4) is 0 Å². The van der Waals surface area contributed by atoms with Crippen LogP contribution in [-0.2, 0) is 0 Å². The van der Waals surface area contributed by atoms with Crippen molar-refractivity contribution in [2.24, 2.45) is 5.92 Å². The smallest absolute Gasteiger partial charge is 0.266 e. The normalized spacial score (nSPS) is 11.1. The number of carbonyl (C=O) groups is 2. The Hall–Kier alpha value is -3.85. The van der Waals surface area contributed by atoms with Crippen molar-refractivity contribution in [2.45, 2.75) is 19.0 Å². The minimum absolute atomic E-state index is 0.0701. The number of fused-ring (bicyclic) bond motifs is 1. The molecule has 1 heterocycles. The number of hydrogen-bond acceptors (Lipinski definition) is 5. The Bertz CT molecular complexity index is 1480. The van der Waals surface area contributed by atoms with Gasteiger partial charge in [-0.15, -0.1) is 0 Å². The van der Waals surface area contributed by atoms with Gasteiger partial charge in [-0.3, -0.25) is 19.0 Å². The summed E-state index contributed by atoms with van der Waals surface area (Å²) < 4.78 is 28.1. The van der Waals surface area contributed by atoms with Gasteiger partial charge in [0.15, 0.2) is 10.9 Å². The molecule has 1 amide bonds. The van der Waals surface area contributed by atoms with E-state index in [1.807, 2.05) is 13.8 Å². The molecule has 4 aromatic rings. The van der Waals surface area contributed by atoms with Crippen molar-refractivity contribution in [3.8, 4) is 5.69 Å². The lowest BCUT2D eigenvalue weighted by atomic mass is 10.1. The summed E-state index contributed by atoms with van der Waals surface area (Å²) in [7, 11) is 0. The van der Waals surface area contributed by atoms with Crippen LogP contribution < -0.4 is 10.9 Å². The largest absolute Gasteiger partial charge is 0.352 e. The van der Waals surface area contributed by atoms with E-state index in [1.54, 1.807) is 6.07 Å². The molecule has 1 N–H and O–H groups in total. The number of amides is 1. The molecule has 0 atom stereocenters. The third-order valence-electron chi connectivity index (χ3n) is 5.36. The molecule has 0 aliphatic rings. The van der Waals surface area contributed by atoms with Crippen molar-refractivity contribution >= 4 is 34.4 Å². The minimum atomic E-state index is -0.460. The van der Waals surface area contributed by atoms with E-state index in [0.29, 0.717) is 28.9 Å². The van der Waals surface area contributed by atoms with Gasteiger partial charge in [0.05, 0.1) is 22.3 Å². The van der Waals surface area contributed by atoms with Crippen LogP contribution in [0.15, 0.2) is 76.7 Å². The number of halogens is 2. The fraction of sp³-hybridized carbons (Fsp3) is 0.185. The first-order valence-corrected chi connectivity index (χ1v) is 12.2. The predicted octanol–water partition coefficient (Wildman–Crippen LogP) is 5.02. The number of benzene rings is 3. The number of hydrogen-bond donors (Lipinski definition) is 1. The summed E-state index contributed by atoms with van der Waals surface area (Å²) in [5.41, 5.74) is 0.938. The molecule has 6 nitrogen and oxygen atoms in total. The van der Waals surface area contributed by atoms with Crippen molar-refractivity contribution in [1.29, 1.82) is 0 Å². The summed E-state index contributed by atoms with van der Waals surface area (Å²) in [5, 5.41) is 3.31. The first-order chi connectivity index (χ1) is 17.2. The second kappa shape index (κ2) is 10.8. The Morgan fingerprint density at radius 3 is 2.19 bits per heavy atom. The van der Waals surface area contributed by atoms with E-state index >= 15 is 0 Å². The van der Waals surface area contributed by atoms with E-state index in [4.69, 9.17) is 0 Å². The lowest BCUT2D eigenvalue weighted by molar-refractivity contribution is 0.0948. The van der Waals surface area contributed by atoms with E-state index in [1.165, 1.54) is 65.2 Å². The first-order valence-electron chi connectivity index (χ1n) is 11.3. The zero-order valence-electron chi connectivity index (χ0n) is 19.6. The van der Waals surface area contributed by atoms with Gasteiger partial charge in [-0.2, -0.15) is 0 Å². The monoisotopic (exact) mass is 507 g/mol. The summed E-state index contributed by atoms with van der Waals surface area (Å²) in [4.78, 5) is 43.3. The van der Waals surface area contributed by atoms with Crippen molar-refractivity contribution in [3.63, 3.8) is 0 Å². The Labute approximate surface area is 210 Å². The SMILES string of the molecule is CC(C)CNC(=O)c1ccc2c(=O)n(-c3ccc(F)cc3)c(SCC(=O)c3ccc(F)cc3)nc2c1. The number of nitrogens with zero attached hydrogens (tertiary/aromatic N) is 2. The number of rotatable bonds is 8. The van der Waals surface area contributed by atoms with Crippen LogP contribution >= 0.6 is 11.8 Å². The van der Waals surface area contributed by atoms with Crippen LogP contribution in [0.1, 0.15) is 34.6 Å². The second-order valence-corrected chi connectivity index (χ2v) is 9.51. The highest BCUT2D eigenvalue weighted by molar-refractivity contribution is 7.99. The topological polar surface area (TPSA) is 81.1 Å². The number of carbonyl (C=O) groups excluding carboxylic acids is 2. The average Bonchev–Trinajstić information content (AvgIpc) is 2.86. The molecular formula is C27H23F2N3O3S. The molecule has 0 aliphatic heterocycles. The quantitative estimate of drug-likeness (QED) is 0.206. The van der Waals surface area contributed by atoms with Crippen molar-refractivity contribution in [3.05, 3.63) is 99.8 Å². The van der Waals surface area contributed by atoms with Crippen molar-refractivity contribution in [2.75, 3.05) is 12.3 Å². The van der Waals surface area contributed by atoms with Gasteiger partial charge in [-0.25, -0.2) is 13.8 Å². The van der Waals surface area contributed by atoms with E-state index in [0.717, 1.165) is 11.8 Å². The zero-order valence-corrected chi connectivity index (χ0v) is 20.4. The summed E-state index contributed by atoms with van der Waals surface area (Å²) in [6.45, 7) is 4.47. The maximum Gasteiger partial charge on any atom is 0.266 e. The van der Waals surface area contributed by atoms with Gasteiger partial charge in [0.2, 0.25) is 0 Å². The van der Waals surface area contributed by atoms with Crippen LogP contribution in [0.25, 0.3) is 16.6 Å². The molecule has 0 fully saturated rings. The molecule has 0 saturated carbocycles. The third kappa shape index (κ3) is 5.68. The summed E-state index contributed by atoms with van der Waals surface area (Å²) >= 11 is 1.02. The second-order valence-electron chi connectivity index (χ2n) is 8.57. The van der Waals surface area contributed by atoms with E-state index in [-0.39, 0.29) is 33.9 Å². The minimum Gasteiger partial charge on any atom is -0.352 e. The Balaban J connectivity index is 1.75. The van der Waals surface area contributed by atoms with Gasteiger partial charge in [-0.05, 0) is 72.6 Å². The zero-order chi connectivity index (χ0) is 25.8. The summed E-state index contributed by atoms with van der Waals surface area (Å²) in [6.07, 6.45) is 0. The standard InChI is InChI=1S/C27H23F2N3O3S/c1-16(2)14-30-25(34)18-5-12-22-23(13-18)31-27(32(26(22)35)21-10-8-20(29)9-11-21)36-15-24(33)17-3-6-19(28)7-4-17/h3-13,16H,14-15H2,1-2H3,(H,30,34). The molecule has 0 unspecified atom stereocenters. The highest BCUT2D eigenvalue weighted by Gasteiger charge is 2.17. The fourth-order valence-electron chi connectivity index (χ4n) is 3.47. The molecule has 0 saturated heterocycles. The highest BCUT2D eigenvalue weighted by atomic mass is 32.2. The van der Waals surface area contributed by atoms with Gasteiger partial charge < -0.3 is 5.32 Å². The van der Waals surface area contributed by atoms with Crippen LogP contribution in [0.4, 0.5) is 8.78 Å². The molecule has 4 rings (SSSR count). The van der Waals surface area contributed by atoms with Gasteiger partial charge >= 0.3 is 0 Å². The van der Waals surface area contributed by atoms with E-state index in [9.17, 15) is 23.2 Å². The Morgan fingerprint density at radius 2 is 1.56 bits per heavy atom. The number of Topliss-reactive ketones (excluding diaryl/α,β-unsaturated/α-hetero) is 1. The van der Waals surface area contributed by atoms with Crippen LogP contribution in [-0.4, -0.2) is 33.5 Å². The first kappa shape index (κ1) is 25.2. The maximum atomic E-state index is 13.5. The van der Waals surface area contributed by atoms with Crippen molar-refractivity contribution < 1.29 is 18.4 Å². The van der Waals surface area contributed by atoms with Gasteiger partial charge in [0.1, 0.15) is 11.6 Å². The van der Waals surface area contributed by atoms with Crippen LogP contribution in [0.2, 0.25) is 0 Å².